The Bertz CT molecular complexity index is 641. The summed E-state index contributed by atoms with van der Waals surface area (Å²) in [6.07, 6.45) is 0. The lowest BCUT2D eigenvalue weighted by Crippen LogP contribution is -2.44. The van der Waals surface area contributed by atoms with Crippen molar-refractivity contribution in [1.29, 1.82) is 0 Å². The molecule has 0 amide bonds. The first-order valence-electron chi connectivity index (χ1n) is 6.94. The Kier molecular flexibility index (Phi) is 5.86. The van der Waals surface area contributed by atoms with Crippen molar-refractivity contribution in [3.8, 4) is 17.2 Å². The minimum absolute atomic E-state index is 0. The zero-order valence-corrected chi connectivity index (χ0v) is 13.2. The fraction of sp³-hybridized carbons (Fsp3) is 0.429. The van der Waals surface area contributed by atoms with Gasteiger partial charge in [-0.3, -0.25) is 4.90 Å². The van der Waals surface area contributed by atoms with Crippen LogP contribution in [0.4, 0.5) is 8.78 Å². The fourth-order valence-electron chi connectivity index (χ4n) is 2.42. The van der Waals surface area contributed by atoms with E-state index in [1.165, 1.54) is 6.07 Å². The van der Waals surface area contributed by atoms with Crippen LogP contribution in [0.15, 0.2) is 28.8 Å². The first-order valence-corrected chi connectivity index (χ1v) is 6.94. The number of para-hydroxylation sites is 1. The summed E-state index contributed by atoms with van der Waals surface area (Å²) in [6.45, 7) is -0.412. The summed E-state index contributed by atoms with van der Waals surface area (Å²) in [7, 11) is 1.98. The summed E-state index contributed by atoms with van der Waals surface area (Å²) >= 11 is 0. The van der Waals surface area contributed by atoms with E-state index in [1.54, 1.807) is 18.2 Å². The Balaban J connectivity index is 0.00000192. The minimum atomic E-state index is -2.91. The van der Waals surface area contributed by atoms with Gasteiger partial charge >= 0.3 is 6.61 Å². The molecule has 0 radical (unpaired) electrons. The number of hydrogen-bond donors (Lipinski definition) is 1. The summed E-state index contributed by atoms with van der Waals surface area (Å²) in [5.41, 5.74) is 0.355. The van der Waals surface area contributed by atoms with Crippen LogP contribution < -0.4 is 10.1 Å². The number of ether oxygens (including phenoxy) is 1. The minimum Gasteiger partial charge on any atom is -0.434 e. The van der Waals surface area contributed by atoms with Crippen molar-refractivity contribution in [2.24, 2.45) is 0 Å². The topological polar surface area (TPSA) is 63.4 Å². The van der Waals surface area contributed by atoms with Gasteiger partial charge in [0.05, 0.1) is 11.6 Å². The molecule has 23 heavy (non-hydrogen) atoms. The zero-order valence-electron chi connectivity index (χ0n) is 12.4. The number of likely N-dealkylation sites (N-methyl/N-ethyl adjacent to an activating group) is 1. The van der Waals surface area contributed by atoms with E-state index in [0.29, 0.717) is 17.9 Å². The van der Waals surface area contributed by atoms with E-state index in [9.17, 15) is 8.78 Å². The SMILES string of the molecule is CN1CCNCC1c1noc(-c2ccccc2OC(F)F)n1.Cl. The third-order valence-corrected chi connectivity index (χ3v) is 3.58. The number of benzene rings is 1. The Morgan fingerprint density at radius 1 is 1.39 bits per heavy atom. The number of alkyl halides is 2. The second kappa shape index (κ2) is 7.67. The smallest absolute Gasteiger partial charge is 0.387 e. The number of nitrogens with zero attached hydrogens (tertiary/aromatic N) is 3. The Morgan fingerprint density at radius 2 is 2.17 bits per heavy atom. The molecule has 1 N–H and O–H groups in total. The van der Waals surface area contributed by atoms with Crippen molar-refractivity contribution >= 4 is 12.4 Å². The van der Waals surface area contributed by atoms with Crippen LogP contribution in [0.2, 0.25) is 0 Å². The molecule has 6 nitrogen and oxygen atoms in total. The summed E-state index contributed by atoms with van der Waals surface area (Å²) in [4.78, 5) is 6.46. The molecule has 1 aromatic heterocycles. The molecule has 3 rings (SSSR count). The zero-order chi connectivity index (χ0) is 15.5. The monoisotopic (exact) mass is 346 g/mol. The molecule has 1 saturated heterocycles. The molecule has 0 aliphatic carbocycles. The molecule has 1 atom stereocenters. The second-order valence-electron chi connectivity index (χ2n) is 5.03. The standard InChI is InChI=1S/C14H16F2N4O2.ClH/c1-20-7-6-17-8-10(20)12-18-13(22-19-12)9-4-2-3-5-11(9)21-14(15)16;/h2-5,10,14,17H,6-8H2,1H3;1H. The molecule has 0 spiro atoms. The molecular formula is C14H17ClF2N4O2. The average Bonchev–Trinajstić information content (AvgIpc) is 2.97. The average molecular weight is 347 g/mol. The highest BCUT2D eigenvalue weighted by Crippen LogP contribution is 2.31. The number of hydrogen-bond acceptors (Lipinski definition) is 6. The molecule has 2 heterocycles. The molecule has 2 aromatic rings. The van der Waals surface area contributed by atoms with Crippen molar-refractivity contribution in [1.82, 2.24) is 20.4 Å². The predicted octanol–water partition coefficient (Wildman–Crippen LogP) is 2.34. The summed E-state index contributed by atoms with van der Waals surface area (Å²) in [5.74, 6) is 0.713. The molecular weight excluding hydrogens is 330 g/mol. The maximum absolute atomic E-state index is 12.5. The highest BCUT2D eigenvalue weighted by atomic mass is 35.5. The van der Waals surface area contributed by atoms with E-state index >= 15 is 0 Å². The number of rotatable bonds is 4. The van der Waals surface area contributed by atoms with Gasteiger partial charge in [0.2, 0.25) is 0 Å². The van der Waals surface area contributed by atoms with Crippen LogP contribution in [0.3, 0.4) is 0 Å². The van der Waals surface area contributed by atoms with Gasteiger partial charge in [-0.1, -0.05) is 17.3 Å². The lowest BCUT2D eigenvalue weighted by Gasteiger charge is -2.30. The number of piperazine rings is 1. The van der Waals surface area contributed by atoms with Crippen molar-refractivity contribution in [2.75, 3.05) is 26.7 Å². The van der Waals surface area contributed by atoms with Crippen LogP contribution in [-0.4, -0.2) is 48.3 Å². The first kappa shape index (κ1) is 17.6. The molecule has 0 saturated carbocycles. The van der Waals surface area contributed by atoms with Crippen molar-refractivity contribution < 1.29 is 18.0 Å². The van der Waals surface area contributed by atoms with Crippen LogP contribution in [0.5, 0.6) is 5.75 Å². The third-order valence-electron chi connectivity index (χ3n) is 3.58. The van der Waals surface area contributed by atoms with Crippen LogP contribution >= 0.6 is 12.4 Å². The van der Waals surface area contributed by atoms with Gasteiger partial charge in [-0.15, -0.1) is 12.4 Å². The Labute approximate surface area is 138 Å². The highest BCUT2D eigenvalue weighted by molar-refractivity contribution is 5.85. The van der Waals surface area contributed by atoms with Gasteiger partial charge in [0.15, 0.2) is 5.82 Å². The lowest BCUT2D eigenvalue weighted by molar-refractivity contribution is -0.0495. The maximum Gasteiger partial charge on any atom is 0.387 e. The molecule has 1 aliphatic heterocycles. The fourth-order valence-corrected chi connectivity index (χ4v) is 2.42. The van der Waals surface area contributed by atoms with Crippen LogP contribution in [-0.2, 0) is 0 Å². The van der Waals surface area contributed by atoms with Gasteiger partial charge in [-0.2, -0.15) is 13.8 Å². The first-order chi connectivity index (χ1) is 10.6. The summed E-state index contributed by atoms with van der Waals surface area (Å²) < 4.78 is 34.6. The van der Waals surface area contributed by atoms with Crippen molar-refractivity contribution in [3.05, 3.63) is 30.1 Å². The van der Waals surface area contributed by atoms with E-state index in [0.717, 1.165) is 13.1 Å². The van der Waals surface area contributed by atoms with E-state index in [1.807, 2.05) is 7.05 Å². The Morgan fingerprint density at radius 3 is 2.91 bits per heavy atom. The van der Waals surface area contributed by atoms with E-state index < -0.39 is 6.61 Å². The molecule has 1 aliphatic rings. The molecule has 1 unspecified atom stereocenters. The lowest BCUT2D eigenvalue weighted by atomic mass is 10.2. The van der Waals surface area contributed by atoms with Gasteiger partial charge in [-0.25, -0.2) is 0 Å². The van der Waals surface area contributed by atoms with Gasteiger partial charge in [0, 0.05) is 19.6 Å². The normalized spacial score (nSPS) is 18.7. The van der Waals surface area contributed by atoms with Crippen LogP contribution in [0, 0.1) is 0 Å². The molecule has 1 aromatic carbocycles. The second-order valence-corrected chi connectivity index (χ2v) is 5.03. The molecule has 1 fully saturated rings. The van der Waals surface area contributed by atoms with Crippen molar-refractivity contribution in [2.45, 2.75) is 12.7 Å². The number of halogens is 3. The van der Waals surface area contributed by atoms with E-state index in [4.69, 9.17) is 4.52 Å². The van der Waals surface area contributed by atoms with Gasteiger partial charge in [0.25, 0.3) is 5.89 Å². The number of aromatic nitrogens is 2. The Hall–Kier alpha value is -1.77. The molecule has 9 heteroatoms. The number of nitrogens with one attached hydrogen (secondary N) is 1. The summed E-state index contributed by atoms with van der Waals surface area (Å²) in [6, 6.07) is 6.36. The predicted molar refractivity (Wildman–Crippen MR) is 81.9 cm³/mol. The van der Waals surface area contributed by atoms with Crippen molar-refractivity contribution in [3.63, 3.8) is 0 Å². The third kappa shape index (κ3) is 3.95. The largest absolute Gasteiger partial charge is 0.434 e. The summed E-state index contributed by atoms with van der Waals surface area (Å²) in [5, 5.41) is 7.24. The van der Waals surface area contributed by atoms with Gasteiger partial charge in [-0.05, 0) is 19.2 Å². The van der Waals surface area contributed by atoms with Crippen LogP contribution in [0.1, 0.15) is 11.9 Å². The van der Waals surface area contributed by atoms with Gasteiger partial charge in [0.1, 0.15) is 5.75 Å². The van der Waals surface area contributed by atoms with Gasteiger partial charge < -0.3 is 14.6 Å². The maximum atomic E-state index is 12.5. The van der Waals surface area contributed by atoms with E-state index in [2.05, 4.69) is 25.1 Å². The highest BCUT2D eigenvalue weighted by Gasteiger charge is 2.26. The van der Waals surface area contributed by atoms with E-state index in [-0.39, 0.29) is 30.1 Å². The van der Waals surface area contributed by atoms with Crippen LogP contribution in [0.25, 0.3) is 11.5 Å². The molecule has 126 valence electrons. The quantitative estimate of drug-likeness (QED) is 0.916. The molecule has 0 bridgehead atoms.